The van der Waals surface area contributed by atoms with Crippen LogP contribution in [0.4, 0.5) is 11.6 Å². The lowest BCUT2D eigenvalue weighted by Crippen LogP contribution is -2.10. The van der Waals surface area contributed by atoms with Gasteiger partial charge < -0.3 is 9.47 Å². The van der Waals surface area contributed by atoms with E-state index in [4.69, 9.17) is 9.47 Å². The molecule has 166 valence electrons. The van der Waals surface area contributed by atoms with Crippen LogP contribution in [0.3, 0.4) is 0 Å². The molecule has 0 amide bonds. The third-order valence-corrected chi connectivity index (χ3v) is 4.20. The summed E-state index contributed by atoms with van der Waals surface area (Å²) in [4.78, 5) is 29.9. The van der Waals surface area contributed by atoms with E-state index in [0.717, 1.165) is 5.56 Å². The average Bonchev–Trinajstić information content (AvgIpc) is 2.78. The number of rotatable bonds is 10. The number of aromatic amines is 1. The first kappa shape index (κ1) is 22.5. The molecule has 1 aromatic heterocycles. The Kier molecular flexibility index (Phi) is 7.52. The predicted molar refractivity (Wildman–Crippen MR) is 122 cm³/mol. The van der Waals surface area contributed by atoms with Gasteiger partial charge in [-0.1, -0.05) is 37.3 Å². The molecule has 0 aliphatic rings. The molecule has 0 saturated heterocycles. The molecular weight excluding hydrogens is 414 g/mol. The molecule has 10 heteroatoms. The van der Waals surface area contributed by atoms with Gasteiger partial charge in [-0.2, -0.15) is 5.10 Å². The molecule has 0 fully saturated rings. The zero-order chi connectivity index (χ0) is 22.9. The Labute approximate surface area is 184 Å². The highest BCUT2D eigenvalue weighted by atomic mass is 16.6. The van der Waals surface area contributed by atoms with Crippen LogP contribution in [0.25, 0.3) is 11.3 Å². The lowest BCUT2D eigenvalue weighted by Gasteiger charge is -2.12. The topological polar surface area (TPSA) is 132 Å². The summed E-state index contributed by atoms with van der Waals surface area (Å²) in [5.74, 6) is 0.481. The maximum absolute atomic E-state index is 12.0. The molecule has 0 aliphatic carbocycles. The first-order chi connectivity index (χ1) is 15.5. The maximum Gasteiger partial charge on any atom is 0.315 e. The van der Waals surface area contributed by atoms with Crippen molar-refractivity contribution in [1.29, 1.82) is 0 Å². The fraction of sp³-hybridized carbons (Fsp3) is 0.227. The van der Waals surface area contributed by atoms with Crippen LogP contribution < -0.4 is 20.5 Å². The summed E-state index contributed by atoms with van der Waals surface area (Å²) in [5.41, 5.74) is 3.77. The van der Waals surface area contributed by atoms with Crippen LogP contribution in [-0.2, 0) is 0 Å². The minimum atomic E-state index is -0.527. The van der Waals surface area contributed by atoms with Crippen LogP contribution in [0.5, 0.6) is 11.5 Å². The van der Waals surface area contributed by atoms with Crippen molar-refractivity contribution in [2.75, 3.05) is 18.6 Å². The molecule has 3 rings (SSSR count). The minimum Gasteiger partial charge on any atom is -0.490 e. The molecule has 2 N–H and O–H groups in total. The van der Waals surface area contributed by atoms with Crippen LogP contribution in [-0.4, -0.2) is 34.3 Å². The van der Waals surface area contributed by atoms with Gasteiger partial charge in [0.2, 0.25) is 11.7 Å². The number of nitro benzene ring substituents is 1. The highest BCUT2D eigenvalue weighted by Crippen LogP contribution is 2.38. The number of anilines is 1. The van der Waals surface area contributed by atoms with Gasteiger partial charge in [-0.25, -0.2) is 10.4 Å². The van der Waals surface area contributed by atoms with Gasteiger partial charge in [0.25, 0.3) is 5.56 Å². The highest BCUT2D eigenvalue weighted by molar-refractivity contribution is 5.83. The summed E-state index contributed by atoms with van der Waals surface area (Å²) >= 11 is 0. The zero-order valence-corrected chi connectivity index (χ0v) is 17.7. The van der Waals surface area contributed by atoms with Gasteiger partial charge in [0.05, 0.1) is 30.0 Å². The van der Waals surface area contributed by atoms with Crippen molar-refractivity contribution in [3.05, 3.63) is 74.6 Å². The number of H-pyrrole nitrogens is 1. The minimum absolute atomic E-state index is 0.0883. The predicted octanol–water partition coefficient (Wildman–Crippen LogP) is 3.98. The van der Waals surface area contributed by atoms with Crippen molar-refractivity contribution in [3.63, 3.8) is 0 Å². The Balaban J connectivity index is 1.87. The second kappa shape index (κ2) is 10.7. The van der Waals surface area contributed by atoms with Gasteiger partial charge in [0.1, 0.15) is 0 Å². The summed E-state index contributed by atoms with van der Waals surface area (Å²) in [7, 11) is 0. The van der Waals surface area contributed by atoms with E-state index in [-0.39, 0.29) is 28.7 Å². The first-order valence-electron chi connectivity index (χ1n) is 10.1. The smallest absolute Gasteiger partial charge is 0.315 e. The largest absolute Gasteiger partial charge is 0.490 e. The summed E-state index contributed by atoms with van der Waals surface area (Å²) in [6, 6.07) is 13.6. The molecule has 0 aliphatic heterocycles. The van der Waals surface area contributed by atoms with Gasteiger partial charge in [-0.05, 0) is 19.4 Å². The van der Waals surface area contributed by atoms with Crippen LogP contribution in [0.15, 0.2) is 58.4 Å². The molecule has 1 heterocycles. The van der Waals surface area contributed by atoms with Gasteiger partial charge in [-0.15, -0.1) is 0 Å². The molecule has 2 aromatic carbocycles. The fourth-order valence-electron chi connectivity index (χ4n) is 2.87. The second-order valence-corrected chi connectivity index (χ2v) is 6.62. The monoisotopic (exact) mass is 437 g/mol. The Bertz CT molecular complexity index is 1160. The van der Waals surface area contributed by atoms with Gasteiger partial charge in [-0.3, -0.25) is 19.9 Å². The summed E-state index contributed by atoms with van der Waals surface area (Å²) < 4.78 is 11.1. The summed E-state index contributed by atoms with van der Waals surface area (Å²) in [6.45, 7) is 4.33. The average molecular weight is 437 g/mol. The quantitative estimate of drug-likeness (QED) is 0.278. The Morgan fingerprint density at radius 2 is 1.97 bits per heavy atom. The Morgan fingerprint density at radius 1 is 1.19 bits per heavy atom. The number of nitrogens with one attached hydrogen (secondary N) is 2. The first-order valence-corrected chi connectivity index (χ1v) is 10.1. The van der Waals surface area contributed by atoms with E-state index in [1.165, 1.54) is 18.3 Å². The van der Waals surface area contributed by atoms with Crippen molar-refractivity contribution in [2.45, 2.75) is 20.3 Å². The molecule has 10 nitrogen and oxygen atoms in total. The van der Waals surface area contributed by atoms with Crippen molar-refractivity contribution in [2.24, 2.45) is 5.10 Å². The molecular formula is C22H23N5O5. The lowest BCUT2D eigenvalue weighted by molar-refractivity contribution is -0.386. The van der Waals surface area contributed by atoms with Gasteiger partial charge >= 0.3 is 5.69 Å². The molecule has 0 unspecified atom stereocenters. The molecule has 0 atom stereocenters. The fourth-order valence-corrected chi connectivity index (χ4v) is 2.87. The van der Waals surface area contributed by atoms with E-state index in [2.05, 4.69) is 20.5 Å². The SMILES string of the molecule is CCCOc1c(OCC)cc(/C=N\Nc2nc(-c3ccccc3)cc(=O)[nH]2)cc1[N+](=O)[O-]. The number of nitro groups is 1. The van der Waals surface area contributed by atoms with E-state index in [1.807, 2.05) is 37.3 Å². The third-order valence-electron chi connectivity index (χ3n) is 4.20. The van der Waals surface area contributed by atoms with Crippen molar-refractivity contribution in [3.8, 4) is 22.8 Å². The lowest BCUT2D eigenvalue weighted by atomic mass is 10.1. The zero-order valence-electron chi connectivity index (χ0n) is 17.7. The van der Waals surface area contributed by atoms with E-state index >= 15 is 0 Å². The number of hydrogen-bond acceptors (Lipinski definition) is 8. The number of hydrazone groups is 1. The number of benzene rings is 2. The Morgan fingerprint density at radius 3 is 2.66 bits per heavy atom. The molecule has 0 radical (unpaired) electrons. The number of aromatic nitrogens is 2. The van der Waals surface area contributed by atoms with Crippen LogP contribution in [0, 0.1) is 10.1 Å². The van der Waals surface area contributed by atoms with Gasteiger partial charge in [0, 0.05) is 23.3 Å². The van der Waals surface area contributed by atoms with E-state index in [9.17, 15) is 14.9 Å². The van der Waals surface area contributed by atoms with E-state index < -0.39 is 4.92 Å². The van der Waals surface area contributed by atoms with E-state index in [1.54, 1.807) is 13.0 Å². The van der Waals surface area contributed by atoms with Crippen LogP contribution in [0.1, 0.15) is 25.8 Å². The highest BCUT2D eigenvalue weighted by Gasteiger charge is 2.22. The summed E-state index contributed by atoms with van der Waals surface area (Å²) in [5, 5.41) is 15.6. The number of nitrogens with zero attached hydrogens (tertiary/aromatic N) is 3. The molecule has 0 spiro atoms. The van der Waals surface area contributed by atoms with Crippen LogP contribution >= 0.6 is 0 Å². The van der Waals surface area contributed by atoms with E-state index in [0.29, 0.717) is 30.9 Å². The molecule has 32 heavy (non-hydrogen) atoms. The van der Waals surface area contributed by atoms with Crippen molar-refractivity contribution < 1.29 is 14.4 Å². The van der Waals surface area contributed by atoms with Gasteiger partial charge in [0.15, 0.2) is 5.75 Å². The Hall–Kier alpha value is -4.21. The maximum atomic E-state index is 12.0. The molecule has 3 aromatic rings. The van der Waals surface area contributed by atoms with Crippen molar-refractivity contribution in [1.82, 2.24) is 9.97 Å². The molecule has 0 saturated carbocycles. The van der Waals surface area contributed by atoms with Crippen molar-refractivity contribution >= 4 is 17.9 Å². The van der Waals surface area contributed by atoms with Crippen LogP contribution in [0.2, 0.25) is 0 Å². The summed E-state index contributed by atoms with van der Waals surface area (Å²) in [6.07, 6.45) is 2.07. The third kappa shape index (κ3) is 5.69. The molecule has 0 bridgehead atoms. The number of ether oxygens (including phenoxy) is 2. The standard InChI is InChI=1S/C22H23N5O5/c1-3-10-32-21-18(27(29)30)11-15(12-19(21)31-4-2)14-23-26-22-24-17(13-20(28)25-22)16-8-6-5-7-9-16/h5-9,11-14H,3-4,10H2,1-2H3,(H2,24,25,26,28)/b23-14-. The number of hydrogen-bond donors (Lipinski definition) is 2. The normalized spacial score (nSPS) is 10.8. The second-order valence-electron chi connectivity index (χ2n) is 6.62.